The molecule has 1 N–H and O–H groups in total. The van der Waals surface area contributed by atoms with E-state index in [2.05, 4.69) is 10.3 Å². The number of nitrogens with zero attached hydrogens (tertiary/aromatic N) is 2. The highest BCUT2D eigenvalue weighted by atomic mass is 35.5. The van der Waals surface area contributed by atoms with Gasteiger partial charge >= 0.3 is 0 Å². The van der Waals surface area contributed by atoms with Gasteiger partial charge in [-0.2, -0.15) is 0 Å². The van der Waals surface area contributed by atoms with Crippen LogP contribution in [-0.2, 0) is 0 Å². The number of rotatable bonds is 4. The molecule has 7 heteroatoms. The standard InChI is InChI=1S/C24H17ClFN3OS/c25-16-6-4-15(5-7-16)20-12-13-21(30-20)23-22(19-3-1-2-14-27-19)28-24(31)29(23)18-10-8-17(26)9-11-18/h1-14,22-23H,(H,28,31)/t22-,23+/m1/s1. The molecule has 1 fully saturated rings. The number of thiocarbonyl (C=S) groups is 1. The Morgan fingerprint density at radius 2 is 1.74 bits per heavy atom. The van der Waals surface area contributed by atoms with E-state index in [0.717, 1.165) is 28.5 Å². The Morgan fingerprint density at radius 1 is 0.968 bits per heavy atom. The van der Waals surface area contributed by atoms with Crippen LogP contribution in [0.15, 0.2) is 89.5 Å². The lowest BCUT2D eigenvalue weighted by atomic mass is 10.0. The molecule has 0 unspecified atom stereocenters. The highest BCUT2D eigenvalue weighted by Gasteiger charge is 2.42. The third-order valence-corrected chi connectivity index (χ3v) is 5.82. The van der Waals surface area contributed by atoms with Crippen LogP contribution in [0.3, 0.4) is 0 Å². The molecule has 2 aromatic heterocycles. The van der Waals surface area contributed by atoms with Crippen molar-refractivity contribution in [2.24, 2.45) is 0 Å². The van der Waals surface area contributed by atoms with Gasteiger partial charge in [0.05, 0.1) is 11.7 Å². The van der Waals surface area contributed by atoms with Crippen molar-refractivity contribution in [1.82, 2.24) is 10.3 Å². The third kappa shape index (κ3) is 3.80. The van der Waals surface area contributed by atoms with Crippen LogP contribution in [0.4, 0.5) is 10.1 Å². The van der Waals surface area contributed by atoms with Crippen LogP contribution in [-0.4, -0.2) is 10.1 Å². The maximum absolute atomic E-state index is 13.5. The zero-order valence-corrected chi connectivity index (χ0v) is 17.8. The first kappa shape index (κ1) is 19.7. The largest absolute Gasteiger partial charge is 0.459 e. The summed E-state index contributed by atoms with van der Waals surface area (Å²) in [6.07, 6.45) is 1.75. The maximum atomic E-state index is 13.5. The molecule has 31 heavy (non-hydrogen) atoms. The summed E-state index contributed by atoms with van der Waals surface area (Å²) in [5.41, 5.74) is 2.53. The van der Waals surface area contributed by atoms with Gasteiger partial charge in [-0.1, -0.05) is 17.7 Å². The van der Waals surface area contributed by atoms with E-state index in [9.17, 15) is 4.39 Å². The monoisotopic (exact) mass is 449 g/mol. The minimum absolute atomic E-state index is 0.233. The van der Waals surface area contributed by atoms with Crippen LogP contribution < -0.4 is 10.2 Å². The molecule has 1 aliphatic heterocycles. The van der Waals surface area contributed by atoms with Gasteiger partial charge in [0.1, 0.15) is 23.4 Å². The van der Waals surface area contributed by atoms with Gasteiger partial charge in [0, 0.05) is 22.5 Å². The topological polar surface area (TPSA) is 41.3 Å². The van der Waals surface area contributed by atoms with E-state index in [0.29, 0.717) is 10.1 Å². The molecule has 0 bridgehead atoms. The van der Waals surface area contributed by atoms with Gasteiger partial charge < -0.3 is 14.6 Å². The summed E-state index contributed by atoms with van der Waals surface area (Å²) in [7, 11) is 0. The molecule has 5 rings (SSSR count). The number of pyridine rings is 1. The Bertz CT molecular complexity index is 1210. The molecule has 2 aromatic carbocycles. The molecule has 2 atom stereocenters. The lowest BCUT2D eigenvalue weighted by Crippen LogP contribution is -2.29. The molecule has 154 valence electrons. The predicted molar refractivity (Wildman–Crippen MR) is 123 cm³/mol. The SMILES string of the molecule is Fc1ccc(N2C(=S)N[C@H](c3ccccn3)[C@@H]2c2ccc(-c3ccc(Cl)cc3)o2)cc1. The van der Waals surface area contributed by atoms with Crippen molar-refractivity contribution in [3.63, 3.8) is 0 Å². The number of aromatic nitrogens is 1. The van der Waals surface area contributed by atoms with Crippen LogP contribution in [0.5, 0.6) is 0 Å². The second-order valence-electron chi connectivity index (χ2n) is 7.18. The van der Waals surface area contributed by atoms with Crippen molar-refractivity contribution in [3.8, 4) is 11.3 Å². The summed E-state index contributed by atoms with van der Waals surface area (Å²) in [5.74, 6) is 1.14. The predicted octanol–water partition coefficient (Wildman–Crippen LogP) is 6.31. The first-order chi connectivity index (χ1) is 15.1. The van der Waals surface area contributed by atoms with Gasteiger partial charge in [0.2, 0.25) is 0 Å². The summed E-state index contributed by atoms with van der Waals surface area (Å²) >= 11 is 11.7. The van der Waals surface area contributed by atoms with Crippen LogP contribution in [0.1, 0.15) is 23.5 Å². The number of furan rings is 1. The fraction of sp³-hybridized carbons (Fsp3) is 0.0833. The zero-order valence-electron chi connectivity index (χ0n) is 16.2. The van der Waals surface area contributed by atoms with Crippen molar-refractivity contribution in [3.05, 3.63) is 107 Å². The quantitative estimate of drug-likeness (QED) is 0.370. The van der Waals surface area contributed by atoms with Crippen LogP contribution >= 0.6 is 23.8 Å². The Labute approximate surface area is 189 Å². The number of hydrogen-bond acceptors (Lipinski definition) is 3. The van der Waals surface area contributed by atoms with Gasteiger partial charge in [-0.25, -0.2) is 4.39 Å². The summed E-state index contributed by atoms with van der Waals surface area (Å²) in [6.45, 7) is 0. The minimum Gasteiger partial charge on any atom is -0.459 e. The number of halogens is 2. The maximum Gasteiger partial charge on any atom is 0.174 e. The van der Waals surface area contributed by atoms with E-state index >= 15 is 0 Å². The summed E-state index contributed by atoms with van der Waals surface area (Å²) in [6, 6.07) is 22.8. The lowest BCUT2D eigenvalue weighted by Gasteiger charge is -2.26. The summed E-state index contributed by atoms with van der Waals surface area (Å²) in [4.78, 5) is 6.47. The Hall–Kier alpha value is -3.22. The van der Waals surface area contributed by atoms with E-state index in [-0.39, 0.29) is 17.9 Å². The molecule has 0 spiro atoms. The molecule has 0 aliphatic carbocycles. The smallest absolute Gasteiger partial charge is 0.174 e. The highest BCUT2D eigenvalue weighted by Crippen LogP contribution is 2.42. The van der Waals surface area contributed by atoms with Crippen molar-refractivity contribution in [2.45, 2.75) is 12.1 Å². The van der Waals surface area contributed by atoms with Crippen molar-refractivity contribution in [1.29, 1.82) is 0 Å². The van der Waals surface area contributed by atoms with Crippen molar-refractivity contribution >= 4 is 34.6 Å². The molecule has 0 saturated carbocycles. The molecular formula is C24H17ClFN3OS. The van der Waals surface area contributed by atoms with Gasteiger partial charge in [0.15, 0.2) is 5.11 Å². The second-order valence-corrected chi connectivity index (χ2v) is 8.01. The van der Waals surface area contributed by atoms with E-state index in [1.807, 2.05) is 59.5 Å². The summed E-state index contributed by atoms with van der Waals surface area (Å²) in [5, 5.41) is 4.55. The van der Waals surface area contributed by atoms with Crippen LogP contribution in [0.2, 0.25) is 5.02 Å². The van der Waals surface area contributed by atoms with Crippen molar-refractivity contribution < 1.29 is 8.81 Å². The third-order valence-electron chi connectivity index (χ3n) is 5.25. The second kappa shape index (κ2) is 8.13. The molecular weight excluding hydrogens is 433 g/mol. The fourth-order valence-corrected chi connectivity index (χ4v) is 4.28. The molecule has 4 nitrogen and oxygen atoms in total. The van der Waals surface area contributed by atoms with Crippen molar-refractivity contribution in [2.75, 3.05) is 4.90 Å². The number of benzene rings is 2. The van der Waals surface area contributed by atoms with Gasteiger partial charge in [-0.3, -0.25) is 4.98 Å². The molecule has 0 amide bonds. The highest BCUT2D eigenvalue weighted by molar-refractivity contribution is 7.80. The molecule has 3 heterocycles. The van der Waals surface area contributed by atoms with Gasteiger partial charge in [0.25, 0.3) is 0 Å². The Morgan fingerprint density at radius 3 is 2.45 bits per heavy atom. The number of nitrogens with one attached hydrogen (secondary N) is 1. The molecule has 1 saturated heterocycles. The van der Waals surface area contributed by atoms with Gasteiger partial charge in [-0.15, -0.1) is 0 Å². The zero-order chi connectivity index (χ0) is 21.4. The molecule has 1 aliphatic rings. The van der Waals surface area contributed by atoms with Crippen LogP contribution in [0, 0.1) is 5.82 Å². The lowest BCUT2D eigenvalue weighted by molar-refractivity contribution is 0.439. The number of anilines is 1. The number of hydrogen-bond donors (Lipinski definition) is 1. The average molecular weight is 450 g/mol. The van der Waals surface area contributed by atoms with E-state index in [1.165, 1.54) is 12.1 Å². The van der Waals surface area contributed by atoms with Crippen LogP contribution in [0.25, 0.3) is 11.3 Å². The Balaban J connectivity index is 1.59. The van der Waals surface area contributed by atoms with E-state index < -0.39 is 0 Å². The summed E-state index contributed by atoms with van der Waals surface area (Å²) < 4.78 is 19.8. The minimum atomic E-state index is -0.303. The fourth-order valence-electron chi connectivity index (χ4n) is 3.80. The average Bonchev–Trinajstić information content (AvgIpc) is 3.40. The van der Waals surface area contributed by atoms with Gasteiger partial charge in [-0.05, 0) is 85.0 Å². The van der Waals surface area contributed by atoms with E-state index in [1.54, 1.807) is 18.3 Å². The van der Waals surface area contributed by atoms with E-state index in [4.69, 9.17) is 28.2 Å². The normalized spacial score (nSPS) is 18.3. The Kier molecular flexibility index (Phi) is 5.18. The molecule has 4 aromatic rings. The molecule has 0 radical (unpaired) electrons. The first-order valence-electron chi connectivity index (χ1n) is 9.72. The first-order valence-corrected chi connectivity index (χ1v) is 10.5.